The van der Waals surface area contributed by atoms with E-state index in [1.54, 1.807) is 11.3 Å². The molecular formula is C25H33N3OS. The van der Waals surface area contributed by atoms with E-state index in [2.05, 4.69) is 30.1 Å². The predicted molar refractivity (Wildman–Crippen MR) is 124 cm³/mol. The van der Waals surface area contributed by atoms with E-state index >= 15 is 0 Å². The van der Waals surface area contributed by atoms with Crippen LogP contribution in [-0.2, 0) is 19.4 Å². The first-order valence-electron chi connectivity index (χ1n) is 11.2. The van der Waals surface area contributed by atoms with E-state index < -0.39 is 6.23 Å². The zero-order valence-corrected chi connectivity index (χ0v) is 19.0. The van der Waals surface area contributed by atoms with Crippen molar-refractivity contribution in [2.75, 3.05) is 11.9 Å². The predicted octanol–water partition coefficient (Wildman–Crippen LogP) is 5.31. The van der Waals surface area contributed by atoms with Crippen molar-refractivity contribution in [1.82, 2.24) is 4.90 Å². The van der Waals surface area contributed by atoms with E-state index in [0.717, 1.165) is 41.6 Å². The molecule has 0 bridgehead atoms. The Morgan fingerprint density at radius 3 is 2.67 bits per heavy atom. The molecule has 4 rings (SSSR count). The Hall–Kier alpha value is -1.87. The van der Waals surface area contributed by atoms with E-state index in [1.165, 1.54) is 42.5 Å². The third kappa shape index (κ3) is 4.72. The largest absolute Gasteiger partial charge is 0.373 e. The number of aliphatic hydroxyl groups excluding tert-OH is 1. The van der Waals surface area contributed by atoms with Crippen LogP contribution in [0.2, 0.25) is 0 Å². The molecule has 1 unspecified atom stereocenters. The minimum absolute atomic E-state index is 0.0992. The topological polar surface area (TPSA) is 59.3 Å². The number of fused-ring (bicyclic) bond motifs is 1. The number of nitriles is 1. The van der Waals surface area contributed by atoms with Crippen LogP contribution < -0.4 is 5.32 Å². The number of thiophene rings is 1. The summed E-state index contributed by atoms with van der Waals surface area (Å²) < 4.78 is 0. The molecule has 1 fully saturated rings. The number of hydrogen-bond donors (Lipinski definition) is 2. The Morgan fingerprint density at radius 1 is 1.23 bits per heavy atom. The van der Waals surface area contributed by atoms with Crippen LogP contribution in [0.15, 0.2) is 30.3 Å². The number of aliphatic hydroxyl groups is 1. The lowest BCUT2D eigenvalue weighted by atomic mass is 9.84. The van der Waals surface area contributed by atoms with Gasteiger partial charge >= 0.3 is 0 Å². The van der Waals surface area contributed by atoms with Gasteiger partial charge in [-0.05, 0) is 38.2 Å². The fourth-order valence-corrected chi connectivity index (χ4v) is 6.41. The van der Waals surface area contributed by atoms with Crippen LogP contribution in [0.25, 0.3) is 0 Å². The molecule has 2 aliphatic rings. The SMILES string of the molecule is CC1(C)Cc2sc(NC(O)Cc3ccccc3)c(C#N)c2CN1CC1CCCCC1. The summed E-state index contributed by atoms with van der Waals surface area (Å²) >= 11 is 1.66. The van der Waals surface area contributed by atoms with Crippen LogP contribution in [0.5, 0.6) is 0 Å². The van der Waals surface area contributed by atoms with Gasteiger partial charge in [-0.25, -0.2) is 0 Å². The van der Waals surface area contributed by atoms with E-state index in [1.807, 2.05) is 30.3 Å². The monoisotopic (exact) mass is 423 g/mol. The third-order valence-electron chi connectivity index (χ3n) is 6.77. The second-order valence-electron chi connectivity index (χ2n) is 9.54. The summed E-state index contributed by atoms with van der Waals surface area (Å²) in [7, 11) is 0. The van der Waals surface area contributed by atoms with Gasteiger partial charge < -0.3 is 10.4 Å². The van der Waals surface area contributed by atoms with Gasteiger partial charge in [0.15, 0.2) is 0 Å². The summed E-state index contributed by atoms with van der Waals surface area (Å²) in [6, 6.07) is 12.4. The second kappa shape index (κ2) is 9.09. The molecule has 2 heterocycles. The fourth-order valence-electron chi connectivity index (χ4n) is 4.98. The molecule has 2 N–H and O–H groups in total. The molecule has 30 heavy (non-hydrogen) atoms. The van der Waals surface area contributed by atoms with Gasteiger partial charge in [-0.3, -0.25) is 4.90 Å². The minimum Gasteiger partial charge on any atom is -0.373 e. The standard InChI is InChI=1S/C25H33N3OS/c1-25(2)14-22-21(17-28(25)16-19-11-7-4-8-12-19)20(15-26)24(30-22)27-23(29)13-18-9-5-3-6-10-18/h3,5-6,9-10,19,23,27,29H,4,7-8,11-14,16-17H2,1-2H3. The quantitative estimate of drug-likeness (QED) is 0.618. The van der Waals surface area contributed by atoms with E-state index in [4.69, 9.17) is 0 Å². The van der Waals surface area contributed by atoms with Crippen molar-refractivity contribution >= 4 is 16.3 Å². The Balaban J connectivity index is 1.50. The summed E-state index contributed by atoms with van der Waals surface area (Å²) in [4.78, 5) is 3.90. The lowest BCUT2D eigenvalue weighted by molar-refractivity contribution is 0.0706. The molecule has 4 nitrogen and oxygen atoms in total. The van der Waals surface area contributed by atoms with Crippen LogP contribution >= 0.6 is 11.3 Å². The van der Waals surface area contributed by atoms with Gasteiger partial charge in [0.25, 0.3) is 0 Å². The van der Waals surface area contributed by atoms with Gasteiger partial charge in [-0.1, -0.05) is 49.6 Å². The second-order valence-corrected chi connectivity index (χ2v) is 10.6. The van der Waals surface area contributed by atoms with Gasteiger partial charge in [0.05, 0.1) is 5.56 Å². The van der Waals surface area contributed by atoms with Crippen molar-refractivity contribution < 1.29 is 5.11 Å². The minimum atomic E-state index is -0.703. The zero-order chi connectivity index (χ0) is 21.1. The first-order valence-corrected chi connectivity index (χ1v) is 12.1. The van der Waals surface area contributed by atoms with Crippen molar-refractivity contribution in [3.63, 3.8) is 0 Å². The Morgan fingerprint density at radius 2 is 1.97 bits per heavy atom. The number of nitrogens with zero attached hydrogens (tertiary/aromatic N) is 2. The average molecular weight is 424 g/mol. The average Bonchev–Trinajstić information content (AvgIpc) is 3.04. The first kappa shape index (κ1) is 21.4. The van der Waals surface area contributed by atoms with Crippen molar-refractivity contribution in [2.45, 2.75) is 77.1 Å². The van der Waals surface area contributed by atoms with Crippen LogP contribution in [-0.4, -0.2) is 28.3 Å². The molecule has 0 spiro atoms. The van der Waals surface area contributed by atoms with Gasteiger partial charge in [0.1, 0.15) is 17.3 Å². The lowest BCUT2D eigenvalue weighted by Crippen LogP contribution is -2.50. The number of anilines is 1. The molecular weight excluding hydrogens is 390 g/mol. The van der Waals surface area contributed by atoms with Gasteiger partial charge in [0, 0.05) is 41.9 Å². The molecule has 0 amide bonds. The number of benzene rings is 1. The van der Waals surface area contributed by atoms with Crippen LogP contribution in [0, 0.1) is 17.2 Å². The molecule has 1 aliphatic heterocycles. The molecule has 1 atom stereocenters. The van der Waals surface area contributed by atoms with Crippen LogP contribution in [0.4, 0.5) is 5.00 Å². The summed E-state index contributed by atoms with van der Waals surface area (Å²) in [5, 5.41) is 24.5. The van der Waals surface area contributed by atoms with E-state index in [0.29, 0.717) is 6.42 Å². The summed E-state index contributed by atoms with van der Waals surface area (Å²) in [6.45, 7) is 6.64. The Labute approximate surface area is 184 Å². The normalized spacial score (nSPS) is 20.3. The zero-order valence-electron chi connectivity index (χ0n) is 18.2. The lowest BCUT2D eigenvalue weighted by Gasteiger charge is -2.44. The van der Waals surface area contributed by atoms with Crippen LogP contribution in [0.3, 0.4) is 0 Å². The molecule has 5 heteroatoms. The Bertz CT molecular complexity index is 893. The first-order chi connectivity index (χ1) is 14.5. The van der Waals surface area contributed by atoms with E-state index in [9.17, 15) is 10.4 Å². The molecule has 1 aromatic carbocycles. The Kier molecular flexibility index (Phi) is 6.48. The molecule has 1 aromatic heterocycles. The number of hydrogen-bond acceptors (Lipinski definition) is 5. The molecule has 2 aromatic rings. The third-order valence-corrected chi connectivity index (χ3v) is 7.94. The van der Waals surface area contributed by atoms with Gasteiger partial charge in [-0.15, -0.1) is 11.3 Å². The van der Waals surface area contributed by atoms with E-state index in [-0.39, 0.29) is 5.54 Å². The van der Waals surface area contributed by atoms with Gasteiger partial charge in [-0.2, -0.15) is 5.26 Å². The highest BCUT2D eigenvalue weighted by molar-refractivity contribution is 7.16. The maximum Gasteiger partial charge on any atom is 0.129 e. The summed E-state index contributed by atoms with van der Waals surface area (Å²) in [5.41, 5.74) is 3.08. The highest BCUT2D eigenvalue weighted by Crippen LogP contribution is 2.42. The maximum absolute atomic E-state index is 10.6. The molecule has 0 radical (unpaired) electrons. The van der Waals surface area contributed by atoms with Crippen molar-refractivity contribution in [3.05, 3.63) is 51.9 Å². The van der Waals surface area contributed by atoms with Crippen molar-refractivity contribution in [1.29, 1.82) is 5.26 Å². The summed E-state index contributed by atoms with van der Waals surface area (Å²) in [5.74, 6) is 0.786. The van der Waals surface area contributed by atoms with Crippen LogP contribution in [0.1, 0.15) is 67.5 Å². The maximum atomic E-state index is 10.6. The smallest absolute Gasteiger partial charge is 0.129 e. The highest BCUT2D eigenvalue weighted by atomic mass is 32.1. The summed E-state index contributed by atoms with van der Waals surface area (Å²) in [6.07, 6.45) is 7.57. The fraction of sp³-hybridized carbons (Fsp3) is 0.560. The number of rotatable bonds is 6. The number of nitrogens with one attached hydrogen (secondary N) is 1. The molecule has 1 aliphatic carbocycles. The molecule has 160 valence electrons. The van der Waals surface area contributed by atoms with Gasteiger partial charge in [0.2, 0.25) is 0 Å². The highest BCUT2D eigenvalue weighted by Gasteiger charge is 2.37. The molecule has 0 saturated heterocycles. The van der Waals surface area contributed by atoms with Crippen molar-refractivity contribution in [2.24, 2.45) is 5.92 Å². The van der Waals surface area contributed by atoms with Crippen molar-refractivity contribution in [3.8, 4) is 6.07 Å². The molecule has 1 saturated carbocycles.